The van der Waals surface area contributed by atoms with E-state index >= 15 is 0 Å². The van der Waals surface area contributed by atoms with Crippen molar-refractivity contribution in [2.24, 2.45) is 0 Å². The average Bonchev–Trinajstić information content (AvgIpc) is 2.86. The highest BCUT2D eigenvalue weighted by Gasteiger charge is 2.13. The zero-order chi connectivity index (χ0) is 13.8. The molecule has 2 heterocycles. The van der Waals surface area contributed by atoms with E-state index in [9.17, 15) is 0 Å². The molecule has 1 atom stereocenters. The molecule has 0 amide bonds. The number of halogens is 1. The first-order valence-corrected chi connectivity index (χ1v) is 7.45. The molecule has 3 nitrogen and oxygen atoms in total. The summed E-state index contributed by atoms with van der Waals surface area (Å²) in [5, 5.41) is 2.78. The largest absolute Gasteiger partial charge is 0.384 e. The lowest BCUT2D eigenvalue weighted by Crippen LogP contribution is -2.30. The summed E-state index contributed by atoms with van der Waals surface area (Å²) >= 11 is 7.94. The van der Waals surface area contributed by atoms with E-state index in [4.69, 9.17) is 17.3 Å². The van der Waals surface area contributed by atoms with Gasteiger partial charge in [-0.2, -0.15) is 0 Å². The summed E-state index contributed by atoms with van der Waals surface area (Å²) in [5.41, 5.74) is 6.54. The fourth-order valence-electron chi connectivity index (χ4n) is 1.88. The predicted molar refractivity (Wildman–Crippen MR) is 82.6 cm³/mol. The van der Waals surface area contributed by atoms with Crippen LogP contribution < -0.4 is 5.73 Å². The van der Waals surface area contributed by atoms with Crippen molar-refractivity contribution in [3.8, 4) is 0 Å². The first-order valence-electron chi connectivity index (χ1n) is 6.20. The zero-order valence-corrected chi connectivity index (χ0v) is 12.7. The van der Waals surface area contributed by atoms with Crippen molar-refractivity contribution in [3.05, 3.63) is 45.2 Å². The molecule has 19 heavy (non-hydrogen) atoms. The van der Waals surface area contributed by atoms with Gasteiger partial charge in [0.25, 0.3) is 0 Å². The van der Waals surface area contributed by atoms with E-state index in [0.29, 0.717) is 23.4 Å². The van der Waals surface area contributed by atoms with E-state index in [-0.39, 0.29) is 0 Å². The summed E-state index contributed by atoms with van der Waals surface area (Å²) in [6.07, 6.45) is 1.04. The van der Waals surface area contributed by atoms with Gasteiger partial charge in [-0.3, -0.25) is 4.90 Å². The molecule has 0 fully saturated rings. The van der Waals surface area contributed by atoms with Crippen molar-refractivity contribution in [1.82, 2.24) is 9.88 Å². The number of hydrogen-bond acceptors (Lipinski definition) is 4. The second-order valence-electron chi connectivity index (χ2n) is 4.71. The van der Waals surface area contributed by atoms with Crippen LogP contribution in [0.3, 0.4) is 0 Å². The second-order valence-corrected chi connectivity index (χ2v) is 6.15. The molecule has 2 N–H and O–H groups in total. The van der Waals surface area contributed by atoms with Gasteiger partial charge in [-0.15, -0.1) is 11.3 Å². The summed E-state index contributed by atoms with van der Waals surface area (Å²) in [4.78, 5) is 7.94. The van der Waals surface area contributed by atoms with Gasteiger partial charge < -0.3 is 5.73 Å². The van der Waals surface area contributed by atoms with Crippen LogP contribution in [0.1, 0.15) is 17.5 Å². The van der Waals surface area contributed by atoms with E-state index < -0.39 is 0 Å². The van der Waals surface area contributed by atoms with Crippen LogP contribution in [-0.4, -0.2) is 23.0 Å². The van der Waals surface area contributed by atoms with Crippen molar-refractivity contribution in [2.45, 2.75) is 25.9 Å². The average molecular weight is 296 g/mol. The standard InChI is InChI=1S/C14H18ClN3S/c1-10(8-11-4-3-7-19-11)18(2)9-13-12(15)5-6-14(16)17-13/h3-7,10H,8-9H2,1-2H3,(H2,16,17). The fourth-order valence-corrected chi connectivity index (χ4v) is 2.87. The summed E-state index contributed by atoms with van der Waals surface area (Å²) in [6.45, 7) is 2.91. The second kappa shape index (κ2) is 6.37. The van der Waals surface area contributed by atoms with E-state index in [1.54, 1.807) is 23.5 Å². The Morgan fingerprint density at radius 2 is 2.21 bits per heavy atom. The number of anilines is 1. The smallest absolute Gasteiger partial charge is 0.123 e. The molecule has 0 aliphatic rings. The van der Waals surface area contributed by atoms with Crippen molar-refractivity contribution in [3.63, 3.8) is 0 Å². The number of rotatable bonds is 5. The number of aromatic nitrogens is 1. The summed E-state index contributed by atoms with van der Waals surface area (Å²) in [7, 11) is 2.08. The van der Waals surface area contributed by atoms with E-state index in [2.05, 4.69) is 41.4 Å². The molecule has 2 aromatic rings. The highest BCUT2D eigenvalue weighted by molar-refractivity contribution is 7.09. The molecule has 2 rings (SSSR count). The van der Waals surface area contributed by atoms with Crippen LogP contribution in [0.4, 0.5) is 5.82 Å². The minimum Gasteiger partial charge on any atom is -0.384 e. The zero-order valence-electron chi connectivity index (χ0n) is 11.1. The van der Waals surface area contributed by atoms with E-state index in [0.717, 1.165) is 12.1 Å². The minimum atomic E-state index is 0.429. The monoisotopic (exact) mass is 295 g/mol. The van der Waals surface area contributed by atoms with Gasteiger partial charge in [0.05, 0.1) is 10.7 Å². The van der Waals surface area contributed by atoms with E-state index in [1.165, 1.54) is 4.88 Å². The number of nitrogen functional groups attached to an aromatic ring is 1. The molecule has 0 aliphatic carbocycles. The maximum Gasteiger partial charge on any atom is 0.123 e. The van der Waals surface area contributed by atoms with Crippen LogP contribution >= 0.6 is 22.9 Å². The third-order valence-corrected chi connectivity index (χ3v) is 4.41. The Kier molecular flexibility index (Phi) is 4.80. The third-order valence-electron chi connectivity index (χ3n) is 3.17. The number of hydrogen-bond donors (Lipinski definition) is 1. The van der Waals surface area contributed by atoms with Crippen LogP contribution in [0.2, 0.25) is 5.02 Å². The molecule has 102 valence electrons. The highest BCUT2D eigenvalue weighted by Crippen LogP contribution is 2.19. The maximum absolute atomic E-state index is 6.15. The Bertz CT molecular complexity index is 527. The molecule has 2 aromatic heterocycles. The third kappa shape index (κ3) is 3.93. The van der Waals surface area contributed by atoms with Crippen LogP contribution in [0.5, 0.6) is 0 Å². The summed E-state index contributed by atoms with van der Waals surface area (Å²) in [5.74, 6) is 0.513. The first-order chi connectivity index (χ1) is 9.06. The lowest BCUT2D eigenvalue weighted by Gasteiger charge is -2.24. The number of likely N-dealkylation sites (N-methyl/N-ethyl adjacent to an activating group) is 1. The molecule has 0 saturated heterocycles. The number of nitrogens with two attached hydrogens (primary N) is 1. The van der Waals surface area contributed by atoms with Crippen LogP contribution in [0, 0.1) is 0 Å². The Morgan fingerprint density at radius 3 is 2.89 bits per heavy atom. The summed E-state index contributed by atoms with van der Waals surface area (Å²) < 4.78 is 0. The molecule has 1 unspecified atom stereocenters. The Labute approximate surface area is 123 Å². The molecule has 0 bridgehead atoms. The van der Waals surface area contributed by atoms with E-state index in [1.807, 2.05) is 0 Å². The van der Waals surface area contributed by atoms with Gasteiger partial charge in [0.15, 0.2) is 0 Å². The van der Waals surface area contributed by atoms with Crippen LogP contribution in [-0.2, 0) is 13.0 Å². The molecule has 5 heteroatoms. The minimum absolute atomic E-state index is 0.429. The summed E-state index contributed by atoms with van der Waals surface area (Å²) in [6, 6.07) is 8.21. The molecule has 0 spiro atoms. The van der Waals surface area contributed by atoms with Crippen molar-refractivity contribution < 1.29 is 0 Å². The Morgan fingerprint density at radius 1 is 1.42 bits per heavy atom. The van der Waals surface area contributed by atoms with Gasteiger partial charge in [0, 0.05) is 17.5 Å². The topological polar surface area (TPSA) is 42.2 Å². The van der Waals surface area contributed by atoms with Gasteiger partial charge in [-0.1, -0.05) is 17.7 Å². The van der Waals surface area contributed by atoms with Crippen LogP contribution in [0.15, 0.2) is 29.6 Å². The Hall–Kier alpha value is -1.10. The molecule has 0 saturated carbocycles. The Balaban J connectivity index is 1.99. The van der Waals surface area contributed by atoms with Crippen LogP contribution in [0.25, 0.3) is 0 Å². The van der Waals surface area contributed by atoms with Gasteiger partial charge in [0.2, 0.25) is 0 Å². The molecular weight excluding hydrogens is 278 g/mol. The predicted octanol–water partition coefficient (Wildman–Crippen LogP) is 3.44. The normalized spacial score (nSPS) is 12.8. The fraction of sp³-hybridized carbons (Fsp3) is 0.357. The van der Waals surface area contributed by atoms with Gasteiger partial charge in [0.1, 0.15) is 5.82 Å². The lowest BCUT2D eigenvalue weighted by molar-refractivity contribution is 0.246. The molecule has 0 radical (unpaired) electrons. The van der Waals surface area contributed by atoms with Gasteiger partial charge in [-0.25, -0.2) is 4.98 Å². The maximum atomic E-state index is 6.15. The van der Waals surface area contributed by atoms with Gasteiger partial charge >= 0.3 is 0 Å². The van der Waals surface area contributed by atoms with Crippen molar-refractivity contribution in [2.75, 3.05) is 12.8 Å². The number of thiophene rings is 1. The number of pyridine rings is 1. The first kappa shape index (κ1) is 14.3. The SMILES string of the molecule is CC(Cc1cccs1)N(C)Cc1nc(N)ccc1Cl. The highest BCUT2D eigenvalue weighted by atomic mass is 35.5. The lowest BCUT2D eigenvalue weighted by atomic mass is 10.2. The number of nitrogens with zero attached hydrogens (tertiary/aromatic N) is 2. The quantitative estimate of drug-likeness (QED) is 0.919. The van der Waals surface area contributed by atoms with Gasteiger partial charge in [-0.05, 0) is 44.0 Å². The molecule has 0 aliphatic heterocycles. The molecule has 0 aromatic carbocycles. The van der Waals surface area contributed by atoms with Crippen molar-refractivity contribution >= 4 is 28.8 Å². The molecular formula is C14H18ClN3S. The van der Waals surface area contributed by atoms with Crippen molar-refractivity contribution in [1.29, 1.82) is 0 Å².